The van der Waals surface area contributed by atoms with Gasteiger partial charge in [-0.1, -0.05) is 29.8 Å². The number of amides is 1. The number of nitro benzene ring substituents is 1. The van der Waals surface area contributed by atoms with Gasteiger partial charge in [-0.25, -0.2) is 4.79 Å². The largest absolute Gasteiger partial charge is 0.490 e. The number of aryl methyl sites for hydroxylation is 1. The minimum absolute atomic E-state index is 0.179. The average Bonchev–Trinajstić information content (AvgIpc) is 2.84. The molecule has 176 valence electrons. The van der Waals surface area contributed by atoms with Gasteiger partial charge < -0.3 is 14.8 Å². The lowest BCUT2D eigenvalue weighted by Crippen LogP contribution is -2.13. The van der Waals surface area contributed by atoms with Crippen LogP contribution in [0.25, 0.3) is 6.08 Å². The van der Waals surface area contributed by atoms with Crippen LogP contribution in [0.5, 0.6) is 11.5 Å². The lowest BCUT2D eigenvalue weighted by Gasteiger charge is -2.12. The predicted octanol–water partition coefficient (Wildman–Crippen LogP) is 5.07. The summed E-state index contributed by atoms with van der Waals surface area (Å²) in [6.45, 7) is 3.97. The Morgan fingerprint density at radius 1 is 1.09 bits per heavy atom. The molecule has 0 spiro atoms. The number of carbonyl (C=O) groups excluding carboxylic acids is 2. The number of hydrogen-bond donors (Lipinski definition) is 1. The highest BCUT2D eigenvalue weighted by Gasteiger charge is 2.15. The number of carbonyl (C=O) groups is 2. The van der Waals surface area contributed by atoms with E-state index >= 15 is 0 Å². The molecule has 3 rings (SSSR count). The molecule has 0 aromatic heterocycles. The quantitative estimate of drug-likeness (QED) is 0.121. The first-order valence-electron chi connectivity index (χ1n) is 10.5. The number of hydrogen-bond acceptors (Lipinski definition) is 7. The zero-order valence-electron chi connectivity index (χ0n) is 19.0. The monoisotopic (exact) mass is 471 g/mol. The molecule has 3 aromatic carbocycles. The third kappa shape index (κ3) is 6.52. The molecule has 0 atom stereocenters. The van der Waals surface area contributed by atoms with E-state index in [1.54, 1.807) is 43.3 Å². The van der Waals surface area contributed by atoms with Crippen molar-refractivity contribution < 1.29 is 24.0 Å². The van der Waals surface area contributed by atoms with Crippen molar-refractivity contribution in [2.24, 2.45) is 0 Å². The summed E-state index contributed by atoms with van der Waals surface area (Å²) in [7, 11) is 0. The molecule has 0 saturated carbocycles. The number of esters is 1. The summed E-state index contributed by atoms with van der Waals surface area (Å²) >= 11 is 0. The SMILES string of the molecule is CCOc1cc(/C=C(\C#N)C(=O)Nc2cccc([N+](=O)[O-])c2)ccc1OC(=O)c1ccc(C)cc1. The zero-order valence-corrected chi connectivity index (χ0v) is 19.0. The summed E-state index contributed by atoms with van der Waals surface area (Å²) in [6, 6.07) is 18.7. The molecule has 0 heterocycles. The van der Waals surface area contributed by atoms with Gasteiger partial charge in [0.1, 0.15) is 11.6 Å². The summed E-state index contributed by atoms with van der Waals surface area (Å²) in [5.74, 6) is -0.837. The minimum Gasteiger partial charge on any atom is -0.490 e. The first-order valence-corrected chi connectivity index (χ1v) is 10.5. The van der Waals surface area contributed by atoms with E-state index in [1.807, 2.05) is 13.0 Å². The molecule has 3 aromatic rings. The van der Waals surface area contributed by atoms with Gasteiger partial charge in [-0.05, 0) is 55.8 Å². The van der Waals surface area contributed by atoms with Crippen LogP contribution in [0.2, 0.25) is 0 Å². The maximum atomic E-state index is 12.6. The Hall–Kier alpha value is -4.97. The molecule has 9 heteroatoms. The van der Waals surface area contributed by atoms with E-state index in [1.165, 1.54) is 36.4 Å². The standard InChI is InChI=1S/C26H21N3O6/c1-3-34-24-14-18(9-12-23(24)35-26(31)19-10-7-17(2)8-11-19)13-20(16-27)25(30)28-21-5-4-6-22(15-21)29(32)33/h4-15H,3H2,1-2H3,(H,28,30)/b20-13+. The van der Waals surface area contributed by atoms with Crippen LogP contribution in [-0.2, 0) is 4.79 Å². The van der Waals surface area contributed by atoms with Gasteiger partial charge in [0.2, 0.25) is 0 Å². The van der Waals surface area contributed by atoms with E-state index in [-0.39, 0.29) is 28.4 Å². The number of rotatable bonds is 8. The maximum absolute atomic E-state index is 12.6. The van der Waals surface area contributed by atoms with Crippen molar-refractivity contribution >= 4 is 29.3 Å². The Morgan fingerprint density at radius 2 is 1.83 bits per heavy atom. The van der Waals surface area contributed by atoms with Crippen LogP contribution >= 0.6 is 0 Å². The highest BCUT2D eigenvalue weighted by Crippen LogP contribution is 2.30. The maximum Gasteiger partial charge on any atom is 0.343 e. The van der Waals surface area contributed by atoms with Crippen LogP contribution in [0, 0.1) is 28.4 Å². The third-order valence-corrected chi connectivity index (χ3v) is 4.75. The number of nitrogens with zero attached hydrogens (tertiary/aromatic N) is 2. The molecular weight excluding hydrogens is 450 g/mol. The second kappa shape index (κ2) is 11.2. The molecule has 1 N–H and O–H groups in total. The van der Waals surface area contributed by atoms with Gasteiger partial charge in [0.15, 0.2) is 11.5 Å². The number of ether oxygens (including phenoxy) is 2. The second-order valence-corrected chi connectivity index (χ2v) is 7.33. The molecule has 0 saturated heterocycles. The van der Waals surface area contributed by atoms with Crippen molar-refractivity contribution in [3.05, 3.63) is 99.1 Å². The number of nitrogens with one attached hydrogen (secondary N) is 1. The lowest BCUT2D eigenvalue weighted by atomic mass is 10.1. The number of nitriles is 1. The Morgan fingerprint density at radius 3 is 2.49 bits per heavy atom. The molecule has 0 aliphatic carbocycles. The van der Waals surface area contributed by atoms with Crippen LogP contribution in [0.4, 0.5) is 11.4 Å². The molecule has 0 fully saturated rings. The molecule has 9 nitrogen and oxygen atoms in total. The summed E-state index contributed by atoms with van der Waals surface area (Å²) in [5, 5.41) is 22.9. The van der Waals surface area contributed by atoms with Gasteiger partial charge in [-0.2, -0.15) is 5.26 Å². The van der Waals surface area contributed by atoms with Gasteiger partial charge in [0, 0.05) is 17.8 Å². The Bertz CT molecular complexity index is 1340. The van der Waals surface area contributed by atoms with Gasteiger partial charge in [-0.3, -0.25) is 14.9 Å². The van der Waals surface area contributed by atoms with Crippen molar-refractivity contribution in [3.63, 3.8) is 0 Å². The molecule has 35 heavy (non-hydrogen) atoms. The molecule has 0 unspecified atom stereocenters. The first-order chi connectivity index (χ1) is 16.8. The topological polar surface area (TPSA) is 132 Å². The fourth-order valence-electron chi connectivity index (χ4n) is 3.03. The Kier molecular flexibility index (Phi) is 7.93. The first kappa shape index (κ1) is 24.7. The number of benzene rings is 3. The molecule has 0 radical (unpaired) electrons. The van der Waals surface area contributed by atoms with Crippen molar-refractivity contribution in [3.8, 4) is 17.6 Å². The van der Waals surface area contributed by atoms with Crippen LogP contribution in [0.3, 0.4) is 0 Å². The number of anilines is 1. The molecular formula is C26H21N3O6. The Labute approximate surface area is 201 Å². The van der Waals surface area contributed by atoms with Crippen LogP contribution in [0.15, 0.2) is 72.3 Å². The normalized spacial score (nSPS) is 10.7. The molecule has 0 aliphatic rings. The van der Waals surface area contributed by atoms with Crippen molar-refractivity contribution in [2.75, 3.05) is 11.9 Å². The van der Waals surface area contributed by atoms with E-state index < -0.39 is 16.8 Å². The predicted molar refractivity (Wildman–Crippen MR) is 129 cm³/mol. The second-order valence-electron chi connectivity index (χ2n) is 7.33. The van der Waals surface area contributed by atoms with Crippen LogP contribution < -0.4 is 14.8 Å². The summed E-state index contributed by atoms with van der Waals surface area (Å²) in [5.41, 5.74) is 1.60. The van der Waals surface area contributed by atoms with Gasteiger partial charge in [0.05, 0.1) is 17.1 Å². The van der Waals surface area contributed by atoms with Crippen LogP contribution in [-0.4, -0.2) is 23.4 Å². The van der Waals surface area contributed by atoms with Gasteiger partial charge in [-0.15, -0.1) is 0 Å². The molecule has 0 bridgehead atoms. The van der Waals surface area contributed by atoms with E-state index in [4.69, 9.17) is 9.47 Å². The highest BCUT2D eigenvalue weighted by atomic mass is 16.6. The van der Waals surface area contributed by atoms with Gasteiger partial charge >= 0.3 is 5.97 Å². The lowest BCUT2D eigenvalue weighted by molar-refractivity contribution is -0.384. The molecule has 1 amide bonds. The fourth-order valence-corrected chi connectivity index (χ4v) is 3.03. The number of nitro groups is 1. The zero-order chi connectivity index (χ0) is 25.4. The van der Waals surface area contributed by atoms with E-state index in [0.29, 0.717) is 17.7 Å². The van der Waals surface area contributed by atoms with Crippen LogP contribution in [0.1, 0.15) is 28.4 Å². The highest BCUT2D eigenvalue weighted by molar-refractivity contribution is 6.09. The number of non-ortho nitro benzene ring substituents is 1. The van der Waals surface area contributed by atoms with E-state index in [9.17, 15) is 25.0 Å². The third-order valence-electron chi connectivity index (χ3n) is 4.75. The van der Waals surface area contributed by atoms with E-state index in [0.717, 1.165) is 5.56 Å². The smallest absolute Gasteiger partial charge is 0.343 e. The van der Waals surface area contributed by atoms with Gasteiger partial charge in [0.25, 0.3) is 11.6 Å². The van der Waals surface area contributed by atoms with E-state index in [2.05, 4.69) is 5.32 Å². The van der Waals surface area contributed by atoms with Crippen molar-refractivity contribution in [2.45, 2.75) is 13.8 Å². The minimum atomic E-state index is -0.735. The summed E-state index contributed by atoms with van der Waals surface area (Å²) < 4.78 is 11.1. The summed E-state index contributed by atoms with van der Waals surface area (Å²) in [6.07, 6.45) is 1.33. The van der Waals surface area contributed by atoms with Crippen molar-refractivity contribution in [1.29, 1.82) is 5.26 Å². The fraction of sp³-hybridized carbons (Fsp3) is 0.115. The molecule has 0 aliphatic heterocycles. The average molecular weight is 471 g/mol. The Balaban J connectivity index is 1.82. The summed E-state index contributed by atoms with van der Waals surface area (Å²) in [4.78, 5) is 35.4. The van der Waals surface area contributed by atoms with Crippen molar-refractivity contribution in [1.82, 2.24) is 0 Å².